The molecule has 0 spiro atoms. The molecule has 0 saturated carbocycles. The lowest BCUT2D eigenvalue weighted by atomic mass is 10.0. The summed E-state index contributed by atoms with van der Waals surface area (Å²) in [7, 11) is 1.53. The van der Waals surface area contributed by atoms with Gasteiger partial charge >= 0.3 is 0 Å². The van der Waals surface area contributed by atoms with Crippen LogP contribution in [0.3, 0.4) is 0 Å². The molecule has 2 aromatic rings. The number of hydrogen-bond acceptors (Lipinski definition) is 3. The zero-order valence-electron chi connectivity index (χ0n) is 15.4. The van der Waals surface area contributed by atoms with Gasteiger partial charge in [-0.05, 0) is 24.1 Å². The molecule has 1 atom stereocenters. The van der Waals surface area contributed by atoms with E-state index in [4.69, 9.17) is 4.74 Å². The number of amides is 2. The summed E-state index contributed by atoms with van der Waals surface area (Å²) in [6, 6.07) is 9.39. The topological polar surface area (TPSA) is 67.4 Å². The van der Waals surface area contributed by atoms with E-state index < -0.39 is 35.1 Å². The molecule has 0 heterocycles. The first-order chi connectivity index (χ1) is 12.8. The number of ether oxygens (including phenoxy) is 1. The van der Waals surface area contributed by atoms with Gasteiger partial charge in [-0.1, -0.05) is 38.1 Å². The Hall–Kier alpha value is -2.96. The minimum absolute atomic E-state index is 0.190. The highest BCUT2D eigenvalue weighted by Crippen LogP contribution is 2.17. The molecule has 2 rings (SSSR count). The first-order valence-electron chi connectivity index (χ1n) is 8.49. The van der Waals surface area contributed by atoms with Crippen LogP contribution in [0.15, 0.2) is 42.5 Å². The van der Waals surface area contributed by atoms with Crippen LogP contribution in [0.2, 0.25) is 0 Å². The zero-order chi connectivity index (χ0) is 20.0. The number of benzene rings is 2. The van der Waals surface area contributed by atoms with Crippen molar-refractivity contribution >= 4 is 11.8 Å². The van der Waals surface area contributed by atoms with E-state index in [1.165, 1.54) is 13.2 Å². The van der Waals surface area contributed by atoms with Crippen LogP contribution in [-0.4, -0.2) is 25.0 Å². The summed E-state index contributed by atoms with van der Waals surface area (Å²) in [6.45, 7) is 3.65. The Balaban J connectivity index is 2.10. The van der Waals surface area contributed by atoms with Crippen molar-refractivity contribution in [3.05, 3.63) is 65.2 Å². The molecule has 0 aliphatic rings. The van der Waals surface area contributed by atoms with Crippen molar-refractivity contribution in [2.45, 2.75) is 26.4 Å². The van der Waals surface area contributed by atoms with E-state index in [1.54, 1.807) is 26.0 Å². The van der Waals surface area contributed by atoms with Gasteiger partial charge in [-0.15, -0.1) is 0 Å². The first-order valence-corrected chi connectivity index (χ1v) is 8.49. The Morgan fingerprint density at radius 2 is 1.67 bits per heavy atom. The summed E-state index contributed by atoms with van der Waals surface area (Å²) in [5.74, 6) is -3.07. The van der Waals surface area contributed by atoms with E-state index >= 15 is 0 Å². The van der Waals surface area contributed by atoms with Gasteiger partial charge < -0.3 is 15.4 Å². The molecule has 2 amide bonds. The SMILES string of the molecule is COc1ccccc1CNC(=O)C(NC(=O)c1c(F)cccc1F)C(C)C. The summed E-state index contributed by atoms with van der Waals surface area (Å²) < 4.78 is 32.8. The number of nitrogens with one attached hydrogen (secondary N) is 2. The van der Waals surface area contributed by atoms with Crippen LogP contribution in [0.1, 0.15) is 29.8 Å². The van der Waals surface area contributed by atoms with E-state index in [-0.39, 0.29) is 12.5 Å². The van der Waals surface area contributed by atoms with Crippen molar-refractivity contribution in [3.63, 3.8) is 0 Å². The third kappa shape index (κ3) is 5.03. The van der Waals surface area contributed by atoms with Crippen LogP contribution in [0.5, 0.6) is 5.75 Å². The van der Waals surface area contributed by atoms with Crippen molar-refractivity contribution in [1.82, 2.24) is 10.6 Å². The van der Waals surface area contributed by atoms with Crippen LogP contribution in [0, 0.1) is 17.6 Å². The number of carbonyl (C=O) groups excluding carboxylic acids is 2. The van der Waals surface area contributed by atoms with Gasteiger partial charge in [0.1, 0.15) is 29.0 Å². The van der Waals surface area contributed by atoms with Gasteiger partial charge in [0.05, 0.1) is 7.11 Å². The number of rotatable bonds is 7. The Bertz CT molecular complexity index is 804. The van der Waals surface area contributed by atoms with Crippen molar-refractivity contribution < 1.29 is 23.1 Å². The average Bonchev–Trinajstić information content (AvgIpc) is 2.64. The smallest absolute Gasteiger partial charge is 0.257 e. The fraction of sp³-hybridized carbons (Fsp3) is 0.300. The molecule has 0 aromatic heterocycles. The van der Waals surface area contributed by atoms with Crippen molar-refractivity contribution in [2.75, 3.05) is 7.11 Å². The molecule has 0 saturated heterocycles. The largest absolute Gasteiger partial charge is 0.496 e. The number of para-hydroxylation sites is 1. The van der Waals surface area contributed by atoms with Crippen molar-refractivity contribution in [3.8, 4) is 5.75 Å². The van der Waals surface area contributed by atoms with Gasteiger partial charge in [0.15, 0.2) is 0 Å². The second-order valence-corrected chi connectivity index (χ2v) is 6.32. The van der Waals surface area contributed by atoms with E-state index in [0.717, 1.165) is 17.7 Å². The Morgan fingerprint density at radius 1 is 1.04 bits per heavy atom. The Morgan fingerprint density at radius 3 is 2.26 bits per heavy atom. The Kier molecular flexibility index (Phi) is 6.87. The predicted molar refractivity (Wildman–Crippen MR) is 97.3 cm³/mol. The molecule has 0 fully saturated rings. The van der Waals surface area contributed by atoms with Crippen molar-refractivity contribution in [1.29, 1.82) is 0 Å². The number of carbonyl (C=O) groups is 2. The van der Waals surface area contributed by atoms with Gasteiger partial charge in [-0.2, -0.15) is 0 Å². The molecule has 27 heavy (non-hydrogen) atoms. The van der Waals surface area contributed by atoms with Gasteiger partial charge in [-0.3, -0.25) is 9.59 Å². The molecule has 2 N–H and O–H groups in total. The molecular weight excluding hydrogens is 354 g/mol. The maximum absolute atomic E-state index is 13.8. The third-order valence-electron chi connectivity index (χ3n) is 4.07. The minimum atomic E-state index is -0.982. The van der Waals surface area contributed by atoms with Crippen LogP contribution >= 0.6 is 0 Å². The minimum Gasteiger partial charge on any atom is -0.496 e. The summed E-state index contributed by atoms with van der Waals surface area (Å²) in [4.78, 5) is 24.8. The average molecular weight is 376 g/mol. The lowest BCUT2D eigenvalue weighted by Gasteiger charge is -2.22. The molecule has 0 bridgehead atoms. The summed E-state index contributed by atoms with van der Waals surface area (Å²) in [5.41, 5.74) is 0.0583. The highest BCUT2D eigenvalue weighted by atomic mass is 19.1. The highest BCUT2D eigenvalue weighted by molar-refractivity contribution is 5.98. The lowest BCUT2D eigenvalue weighted by Crippen LogP contribution is -2.49. The summed E-state index contributed by atoms with van der Waals surface area (Å²) >= 11 is 0. The summed E-state index contributed by atoms with van der Waals surface area (Å²) in [6.07, 6.45) is 0. The number of hydrogen-bond donors (Lipinski definition) is 2. The van der Waals surface area contributed by atoms with E-state index in [9.17, 15) is 18.4 Å². The zero-order valence-corrected chi connectivity index (χ0v) is 15.4. The lowest BCUT2D eigenvalue weighted by molar-refractivity contribution is -0.124. The molecule has 144 valence electrons. The van der Waals surface area contributed by atoms with Crippen LogP contribution in [-0.2, 0) is 11.3 Å². The molecule has 0 aliphatic carbocycles. The van der Waals surface area contributed by atoms with Gasteiger partial charge in [0.2, 0.25) is 5.91 Å². The van der Waals surface area contributed by atoms with Crippen LogP contribution in [0.4, 0.5) is 8.78 Å². The van der Waals surface area contributed by atoms with Crippen molar-refractivity contribution in [2.24, 2.45) is 5.92 Å². The molecule has 2 aromatic carbocycles. The molecule has 7 heteroatoms. The van der Waals surface area contributed by atoms with Crippen LogP contribution < -0.4 is 15.4 Å². The maximum atomic E-state index is 13.8. The molecule has 5 nitrogen and oxygen atoms in total. The number of methoxy groups -OCH3 is 1. The highest BCUT2D eigenvalue weighted by Gasteiger charge is 2.27. The normalized spacial score (nSPS) is 11.8. The molecule has 0 aliphatic heterocycles. The van der Waals surface area contributed by atoms with Crippen LogP contribution in [0.25, 0.3) is 0 Å². The predicted octanol–water partition coefficient (Wildman–Crippen LogP) is 3.04. The van der Waals surface area contributed by atoms with E-state index in [0.29, 0.717) is 5.75 Å². The summed E-state index contributed by atoms with van der Waals surface area (Å²) in [5, 5.41) is 5.14. The van der Waals surface area contributed by atoms with E-state index in [1.807, 2.05) is 12.1 Å². The quantitative estimate of drug-likeness (QED) is 0.781. The number of halogens is 2. The maximum Gasteiger partial charge on any atom is 0.257 e. The van der Waals surface area contributed by atoms with Gasteiger partial charge in [0, 0.05) is 12.1 Å². The third-order valence-corrected chi connectivity index (χ3v) is 4.07. The second-order valence-electron chi connectivity index (χ2n) is 6.32. The molecule has 0 radical (unpaired) electrons. The fourth-order valence-corrected chi connectivity index (χ4v) is 2.60. The monoisotopic (exact) mass is 376 g/mol. The molecular formula is C20H22F2N2O3. The first kappa shape index (κ1) is 20.4. The fourth-order valence-electron chi connectivity index (χ4n) is 2.60. The molecule has 1 unspecified atom stereocenters. The second kappa shape index (κ2) is 9.12. The van der Waals surface area contributed by atoms with Gasteiger partial charge in [-0.25, -0.2) is 8.78 Å². The van der Waals surface area contributed by atoms with E-state index in [2.05, 4.69) is 10.6 Å². The van der Waals surface area contributed by atoms with Gasteiger partial charge in [0.25, 0.3) is 5.91 Å². The Labute approximate surface area is 156 Å². The standard InChI is InChI=1S/C20H22F2N2O3/c1-12(2)18(24-19(25)17-14(21)8-6-9-15(17)22)20(26)23-11-13-7-4-5-10-16(13)27-3/h4-10,12,18H,11H2,1-3H3,(H,23,26)(H,24,25).